The van der Waals surface area contributed by atoms with Crippen molar-refractivity contribution in [2.24, 2.45) is 0 Å². The van der Waals surface area contributed by atoms with Crippen molar-refractivity contribution in [2.45, 2.75) is 6.92 Å². The molecule has 1 heterocycles. The zero-order valence-corrected chi connectivity index (χ0v) is 9.58. The predicted molar refractivity (Wildman–Crippen MR) is 61.1 cm³/mol. The van der Waals surface area contributed by atoms with Gasteiger partial charge in [-0.3, -0.25) is 4.98 Å². The van der Waals surface area contributed by atoms with Crippen LogP contribution in [0.25, 0.3) is 10.9 Å². The van der Waals surface area contributed by atoms with Gasteiger partial charge in [0.25, 0.3) is 0 Å². The molecule has 0 aliphatic heterocycles. The smallest absolute Gasteiger partial charge is 0.336 e. The minimum absolute atomic E-state index is 0.282. The lowest BCUT2D eigenvalue weighted by Gasteiger charge is -2.04. The summed E-state index contributed by atoms with van der Waals surface area (Å²) in [6.07, 6.45) is 1.51. The molecule has 0 saturated carbocycles. The van der Waals surface area contributed by atoms with E-state index in [2.05, 4.69) is 20.9 Å². The Labute approximate surface area is 94.9 Å². The van der Waals surface area contributed by atoms with Gasteiger partial charge in [0.2, 0.25) is 0 Å². The third-order valence-electron chi connectivity index (χ3n) is 2.17. The standard InChI is InChI=1S/C11H8BrNO2/c1-6-4-8-7(11(14)15)2-3-13-10(8)9(12)5-6/h2-5H,1H3,(H,14,15). The predicted octanol–water partition coefficient (Wildman–Crippen LogP) is 3.00. The van der Waals surface area contributed by atoms with Crippen molar-refractivity contribution < 1.29 is 9.90 Å². The molecule has 0 aliphatic carbocycles. The highest BCUT2D eigenvalue weighted by Crippen LogP contribution is 2.26. The largest absolute Gasteiger partial charge is 0.478 e. The van der Waals surface area contributed by atoms with Gasteiger partial charge in [0.15, 0.2) is 0 Å². The molecular weight excluding hydrogens is 258 g/mol. The molecule has 1 aromatic heterocycles. The second-order valence-electron chi connectivity index (χ2n) is 3.31. The first-order valence-electron chi connectivity index (χ1n) is 4.38. The number of rotatable bonds is 1. The van der Waals surface area contributed by atoms with Crippen LogP contribution in [0.5, 0.6) is 0 Å². The molecule has 0 fully saturated rings. The number of benzene rings is 1. The number of halogens is 1. The number of hydrogen-bond donors (Lipinski definition) is 1. The number of fused-ring (bicyclic) bond motifs is 1. The fourth-order valence-electron chi connectivity index (χ4n) is 1.53. The van der Waals surface area contributed by atoms with Gasteiger partial charge in [0.1, 0.15) is 0 Å². The Bertz CT molecular complexity index is 552. The van der Waals surface area contributed by atoms with Crippen LogP contribution in [0.2, 0.25) is 0 Å². The first-order valence-corrected chi connectivity index (χ1v) is 5.17. The normalized spacial score (nSPS) is 10.5. The molecule has 1 N–H and O–H groups in total. The summed E-state index contributed by atoms with van der Waals surface area (Å²) in [5, 5.41) is 9.69. The van der Waals surface area contributed by atoms with Crippen molar-refractivity contribution in [1.29, 1.82) is 0 Å². The first-order chi connectivity index (χ1) is 7.09. The van der Waals surface area contributed by atoms with Gasteiger partial charge < -0.3 is 5.11 Å². The fraction of sp³-hybridized carbons (Fsp3) is 0.0909. The molecule has 0 aliphatic rings. The monoisotopic (exact) mass is 265 g/mol. The van der Waals surface area contributed by atoms with E-state index in [1.54, 1.807) is 0 Å². The maximum absolute atomic E-state index is 11.0. The van der Waals surface area contributed by atoms with Crippen molar-refractivity contribution in [2.75, 3.05) is 0 Å². The molecule has 0 atom stereocenters. The van der Waals surface area contributed by atoms with Gasteiger partial charge in [0.05, 0.1) is 11.1 Å². The van der Waals surface area contributed by atoms with E-state index in [1.807, 2.05) is 19.1 Å². The molecule has 0 bridgehead atoms. The summed E-state index contributed by atoms with van der Waals surface area (Å²) in [5.41, 5.74) is 1.97. The van der Waals surface area contributed by atoms with Crippen molar-refractivity contribution in [3.63, 3.8) is 0 Å². The lowest BCUT2D eigenvalue weighted by molar-refractivity contribution is 0.0699. The second-order valence-corrected chi connectivity index (χ2v) is 4.16. The molecule has 0 amide bonds. The Kier molecular flexibility index (Phi) is 2.44. The SMILES string of the molecule is Cc1cc(Br)c2nccc(C(=O)O)c2c1. The zero-order valence-electron chi connectivity index (χ0n) is 7.99. The van der Waals surface area contributed by atoms with Gasteiger partial charge in [-0.15, -0.1) is 0 Å². The summed E-state index contributed by atoms with van der Waals surface area (Å²) in [4.78, 5) is 15.1. The minimum Gasteiger partial charge on any atom is -0.478 e. The maximum atomic E-state index is 11.0. The third kappa shape index (κ3) is 1.72. The van der Waals surface area contributed by atoms with Gasteiger partial charge in [-0.1, -0.05) is 0 Å². The topological polar surface area (TPSA) is 50.2 Å². The highest BCUT2D eigenvalue weighted by molar-refractivity contribution is 9.10. The fourth-order valence-corrected chi connectivity index (χ4v) is 2.21. The maximum Gasteiger partial charge on any atom is 0.336 e. The van der Waals surface area contributed by atoms with Crippen molar-refractivity contribution in [3.8, 4) is 0 Å². The number of carboxylic acid groups (broad SMARTS) is 1. The molecule has 0 spiro atoms. The average Bonchev–Trinajstić information content (AvgIpc) is 2.16. The van der Waals surface area contributed by atoms with Crippen molar-refractivity contribution in [3.05, 3.63) is 40.0 Å². The van der Waals surface area contributed by atoms with Gasteiger partial charge in [-0.05, 0) is 46.6 Å². The highest BCUT2D eigenvalue weighted by Gasteiger charge is 2.10. The quantitative estimate of drug-likeness (QED) is 0.863. The number of aromatic nitrogens is 1. The molecule has 2 rings (SSSR count). The Balaban J connectivity index is 2.91. The Hall–Kier alpha value is -1.42. The minimum atomic E-state index is -0.931. The van der Waals surface area contributed by atoms with Crippen molar-refractivity contribution in [1.82, 2.24) is 4.98 Å². The molecular formula is C11H8BrNO2. The number of carbonyl (C=O) groups is 1. The first kappa shape index (κ1) is 10.1. The van der Waals surface area contributed by atoms with Gasteiger partial charge in [0, 0.05) is 16.1 Å². The molecule has 0 radical (unpaired) electrons. The summed E-state index contributed by atoms with van der Waals surface area (Å²) < 4.78 is 0.820. The molecule has 3 nitrogen and oxygen atoms in total. The van der Waals surface area contributed by atoms with Crippen LogP contribution in [0.15, 0.2) is 28.9 Å². The number of aromatic carboxylic acids is 1. The molecule has 2 aromatic rings. The Morgan fingerprint density at radius 3 is 2.87 bits per heavy atom. The van der Waals surface area contributed by atoms with E-state index in [0.29, 0.717) is 10.9 Å². The molecule has 0 saturated heterocycles. The van der Waals surface area contributed by atoms with E-state index >= 15 is 0 Å². The van der Waals surface area contributed by atoms with Gasteiger partial charge in [-0.2, -0.15) is 0 Å². The van der Waals surface area contributed by atoms with E-state index in [9.17, 15) is 4.79 Å². The second kappa shape index (κ2) is 3.62. The van der Waals surface area contributed by atoms with Crippen LogP contribution in [0, 0.1) is 6.92 Å². The van der Waals surface area contributed by atoms with Crippen LogP contribution in [0.1, 0.15) is 15.9 Å². The van der Waals surface area contributed by atoms with Crippen LogP contribution in [0.3, 0.4) is 0 Å². The number of aryl methyl sites for hydroxylation is 1. The lowest BCUT2D eigenvalue weighted by Crippen LogP contribution is -1.98. The van der Waals surface area contributed by atoms with Crippen LogP contribution in [-0.2, 0) is 0 Å². The van der Waals surface area contributed by atoms with E-state index in [0.717, 1.165) is 10.0 Å². The molecule has 0 unspecified atom stereocenters. The molecule has 76 valence electrons. The Morgan fingerprint density at radius 1 is 1.47 bits per heavy atom. The number of nitrogens with zero attached hydrogens (tertiary/aromatic N) is 1. The van der Waals surface area contributed by atoms with Crippen LogP contribution in [0.4, 0.5) is 0 Å². The Morgan fingerprint density at radius 2 is 2.20 bits per heavy atom. The summed E-state index contributed by atoms with van der Waals surface area (Å²) in [6.45, 7) is 1.92. The van der Waals surface area contributed by atoms with Crippen LogP contribution >= 0.6 is 15.9 Å². The van der Waals surface area contributed by atoms with E-state index in [1.165, 1.54) is 12.3 Å². The number of carboxylic acids is 1. The zero-order chi connectivity index (χ0) is 11.0. The summed E-state index contributed by atoms with van der Waals surface area (Å²) in [5.74, 6) is -0.931. The van der Waals surface area contributed by atoms with E-state index in [-0.39, 0.29) is 5.56 Å². The summed E-state index contributed by atoms with van der Waals surface area (Å²) >= 11 is 3.38. The van der Waals surface area contributed by atoms with E-state index in [4.69, 9.17) is 5.11 Å². The molecule has 4 heteroatoms. The highest BCUT2D eigenvalue weighted by atomic mass is 79.9. The van der Waals surface area contributed by atoms with Crippen LogP contribution < -0.4 is 0 Å². The number of pyridine rings is 1. The molecule has 15 heavy (non-hydrogen) atoms. The van der Waals surface area contributed by atoms with Gasteiger partial charge >= 0.3 is 5.97 Å². The van der Waals surface area contributed by atoms with E-state index < -0.39 is 5.97 Å². The third-order valence-corrected chi connectivity index (χ3v) is 2.78. The number of hydrogen-bond acceptors (Lipinski definition) is 2. The summed E-state index contributed by atoms with van der Waals surface area (Å²) in [7, 11) is 0. The van der Waals surface area contributed by atoms with Crippen LogP contribution in [-0.4, -0.2) is 16.1 Å². The van der Waals surface area contributed by atoms with Gasteiger partial charge in [-0.25, -0.2) is 4.79 Å². The summed E-state index contributed by atoms with van der Waals surface area (Å²) in [6, 6.07) is 5.26. The van der Waals surface area contributed by atoms with Crippen molar-refractivity contribution >= 4 is 32.8 Å². The average molecular weight is 266 g/mol. The lowest BCUT2D eigenvalue weighted by atomic mass is 10.1. The molecule has 1 aromatic carbocycles.